The molecule has 0 unspecified atom stereocenters. The van der Waals surface area contributed by atoms with Crippen LogP contribution in [0.25, 0.3) is 10.6 Å². The van der Waals surface area contributed by atoms with Crippen molar-refractivity contribution in [3.05, 3.63) is 54.1 Å². The highest BCUT2D eigenvalue weighted by Crippen LogP contribution is 2.26. The van der Waals surface area contributed by atoms with Crippen molar-refractivity contribution in [1.82, 2.24) is 10.2 Å². The molecule has 0 saturated carbocycles. The lowest BCUT2D eigenvalue weighted by atomic mass is 10.1. The first-order chi connectivity index (χ1) is 14.7. The summed E-state index contributed by atoms with van der Waals surface area (Å²) in [4.78, 5) is 12.3. The predicted molar refractivity (Wildman–Crippen MR) is 117 cm³/mol. The van der Waals surface area contributed by atoms with E-state index in [-0.39, 0.29) is 6.03 Å². The van der Waals surface area contributed by atoms with Gasteiger partial charge in [-0.15, -0.1) is 10.2 Å². The van der Waals surface area contributed by atoms with Crippen molar-refractivity contribution in [3.63, 3.8) is 0 Å². The number of hydrogen-bond acceptors (Lipinski definition) is 7. The zero-order valence-electron chi connectivity index (χ0n) is 16.1. The Morgan fingerprint density at radius 1 is 1.00 bits per heavy atom. The normalized spacial score (nSPS) is 14.0. The molecule has 0 radical (unpaired) electrons. The van der Waals surface area contributed by atoms with Crippen molar-refractivity contribution in [2.24, 2.45) is 0 Å². The van der Waals surface area contributed by atoms with E-state index in [1.807, 2.05) is 24.3 Å². The number of carbonyl (C=O) groups is 1. The Morgan fingerprint density at radius 2 is 1.70 bits per heavy atom. The maximum absolute atomic E-state index is 12.3. The molecule has 0 bridgehead atoms. The van der Waals surface area contributed by atoms with Crippen LogP contribution < -0.4 is 16.0 Å². The second kappa shape index (κ2) is 9.35. The fourth-order valence-corrected chi connectivity index (χ4v) is 3.81. The molecule has 0 aliphatic carbocycles. The second-order valence-electron chi connectivity index (χ2n) is 6.79. The highest BCUT2D eigenvalue weighted by Gasteiger charge is 2.13. The summed E-state index contributed by atoms with van der Waals surface area (Å²) in [5.41, 5.74) is 3.12. The molecular formula is C21H20N6O2S. The number of anilines is 3. The second-order valence-corrected chi connectivity index (χ2v) is 7.77. The minimum atomic E-state index is -0.386. The predicted octanol–water partition coefficient (Wildman–Crippen LogP) is 4.31. The lowest BCUT2D eigenvalue weighted by Gasteiger charge is -2.24. The summed E-state index contributed by atoms with van der Waals surface area (Å²) >= 11 is 1.26. The number of amides is 2. The van der Waals surface area contributed by atoms with E-state index in [0.717, 1.165) is 37.3 Å². The Hall–Kier alpha value is -3.48. The molecule has 1 saturated heterocycles. The molecule has 0 atom stereocenters. The van der Waals surface area contributed by atoms with Gasteiger partial charge in [-0.1, -0.05) is 23.5 Å². The van der Waals surface area contributed by atoms with Crippen molar-refractivity contribution in [1.29, 1.82) is 5.26 Å². The van der Waals surface area contributed by atoms with Gasteiger partial charge in [-0.3, -0.25) is 5.32 Å². The molecule has 1 aliphatic heterocycles. The van der Waals surface area contributed by atoms with Crippen LogP contribution in [0.5, 0.6) is 0 Å². The van der Waals surface area contributed by atoms with Crippen LogP contribution in [0.15, 0.2) is 48.5 Å². The highest BCUT2D eigenvalue weighted by molar-refractivity contribution is 7.18. The Kier molecular flexibility index (Phi) is 6.17. The van der Waals surface area contributed by atoms with E-state index in [9.17, 15) is 4.79 Å². The van der Waals surface area contributed by atoms with Crippen molar-refractivity contribution >= 4 is 33.9 Å². The van der Waals surface area contributed by atoms with E-state index in [4.69, 9.17) is 10.00 Å². The third kappa shape index (κ3) is 5.11. The maximum atomic E-state index is 12.3. The lowest BCUT2D eigenvalue weighted by molar-refractivity contribution is 0.0904. The molecule has 3 N–H and O–H groups in total. The third-order valence-corrected chi connectivity index (χ3v) is 5.53. The van der Waals surface area contributed by atoms with Gasteiger partial charge in [-0.05, 0) is 49.2 Å². The Bertz CT molecular complexity index is 1040. The number of aromatic nitrogens is 2. The molecule has 2 aromatic carbocycles. The molecule has 0 spiro atoms. The minimum absolute atomic E-state index is 0.386. The topological polar surface area (TPSA) is 112 Å². The summed E-state index contributed by atoms with van der Waals surface area (Å²) in [7, 11) is 0. The van der Waals surface area contributed by atoms with Gasteiger partial charge in [0.25, 0.3) is 0 Å². The quantitative estimate of drug-likeness (QED) is 0.567. The summed E-state index contributed by atoms with van der Waals surface area (Å²) in [6, 6.07) is 16.7. The number of rotatable bonds is 5. The Balaban J connectivity index is 1.31. The summed E-state index contributed by atoms with van der Waals surface area (Å²) in [6.07, 6.45) is 1.99. The first-order valence-corrected chi connectivity index (χ1v) is 10.4. The molecule has 2 amide bonds. The number of hydrogen-bond donors (Lipinski definition) is 3. The van der Waals surface area contributed by atoms with Crippen LogP contribution in [-0.2, 0) is 4.74 Å². The average Bonchev–Trinajstić information content (AvgIpc) is 3.24. The smallest absolute Gasteiger partial charge is 0.325 e. The molecule has 2 heterocycles. The number of nitrogens with zero attached hydrogens (tertiary/aromatic N) is 3. The molecule has 30 heavy (non-hydrogen) atoms. The molecule has 4 rings (SSSR count). The van der Waals surface area contributed by atoms with E-state index in [0.29, 0.717) is 27.4 Å². The van der Waals surface area contributed by atoms with Gasteiger partial charge in [-0.2, -0.15) is 5.26 Å². The highest BCUT2D eigenvalue weighted by atomic mass is 32.1. The Morgan fingerprint density at radius 3 is 2.40 bits per heavy atom. The molecule has 9 heteroatoms. The Labute approximate surface area is 177 Å². The summed E-state index contributed by atoms with van der Waals surface area (Å²) in [5, 5.41) is 27.0. The van der Waals surface area contributed by atoms with Crippen molar-refractivity contribution in [2.75, 3.05) is 29.2 Å². The van der Waals surface area contributed by atoms with Crippen LogP contribution in [0.2, 0.25) is 0 Å². The van der Waals surface area contributed by atoms with Crippen LogP contribution >= 0.6 is 11.3 Å². The fraction of sp³-hybridized carbons (Fsp3) is 0.238. The minimum Gasteiger partial charge on any atom is -0.382 e. The van der Waals surface area contributed by atoms with Gasteiger partial charge >= 0.3 is 6.03 Å². The molecule has 1 aliphatic rings. The van der Waals surface area contributed by atoms with Gasteiger partial charge < -0.3 is 15.4 Å². The van der Waals surface area contributed by atoms with Gasteiger partial charge in [0.1, 0.15) is 5.01 Å². The summed E-state index contributed by atoms with van der Waals surface area (Å²) < 4.78 is 5.37. The maximum Gasteiger partial charge on any atom is 0.325 e. The molecule has 152 valence electrons. The van der Waals surface area contributed by atoms with Crippen molar-refractivity contribution in [3.8, 4) is 16.6 Å². The molecule has 8 nitrogen and oxygen atoms in total. The standard InChI is InChI=1S/C21H20N6O2S/c22-13-14-1-3-15(4-2-14)19-26-27-21(30-19)25-20(28)24-17-7-5-16(6-8-17)23-18-9-11-29-12-10-18/h1-8,18,23H,9-12H2,(H2,24,25,27,28). The van der Waals surface area contributed by atoms with Gasteiger partial charge in [0.15, 0.2) is 0 Å². The largest absolute Gasteiger partial charge is 0.382 e. The molecular weight excluding hydrogens is 400 g/mol. The van der Waals surface area contributed by atoms with Crippen LogP contribution in [-0.4, -0.2) is 35.5 Å². The SMILES string of the molecule is N#Cc1ccc(-c2nnc(NC(=O)Nc3ccc(NC4CCOCC4)cc3)s2)cc1. The number of urea groups is 1. The summed E-state index contributed by atoms with van der Waals surface area (Å²) in [5.74, 6) is 0. The van der Waals surface area contributed by atoms with E-state index >= 15 is 0 Å². The lowest BCUT2D eigenvalue weighted by Crippen LogP contribution is -2.27. The number of carbonyl (C=O) groups excluding carboxylic acids is 1. The molecule has 1 aromatic heterocycles. The van der Waals surface area contributed by atoms with Crippen LogP contribution in [0.1, 0.15) is 18.4 Å². The van der Waals surface area contributed by atoms with Crippen LogP contribution in [0.4, 0.5) is 21.3 Å². The molecule has 1 fully saturated rings. The van der Waals surface area contributed by atoms with E-state index in [2.05, 4.69) is 32.2 Å². The van der Waals surface area contributed by atoms with Gasteiger partial charge in [0, 0.05) is 36.2 Å². The monoisotopic (exact) mass is 420 g/mol. The average molecular weight is 420 g/mol. The van der Waals surface area contributed by atoms with E-state index in [1.165, 1.54) is 11.3 Å². The zero-order valence-corrected chi connectivity index (χ0v) is 16.9. The van der Waals surface area contributed by atoms with Crippen molar-refractivity contribution < 1.29 is 9.53 Å². The first kappa shape index (κ1) is 19.8. The fourth-order valence-electron chi connectivity index (χ4n) is 3.06. The van der Waals surface area contributed by atoms with Gasteiger partial charge in [-0.25, -0.2) is 4.79 Å². The first-order valence-electron chi connectivity index (χ1n) is 9.56. The van der Waals surface area contributed by atoms with E-state index in [1.54, 1.807) is 24.3 Å². The van der Waals surface area contributed by atoms with E-state index < -0.39 is 0 Å². The number of nitriles is 1. The van der Waals surface area contributed by atoms with Crippen LogP contribution in [0, 0.1) is 11.3 Å². The van der Waals surface area contributed by atoms with Gasteiger partial charge in [0.2, 0.25) is 5.13 Å². The molecule has 3 aromatic rings. The number of benzene rings is 2. The summed E-state index contributed by atoms with van der Waals surface area (Å²) in [6.45, 7) is 1.58. The van der Waals surface area contributed by atoms with Crippen molar-refractivity contribution in [2.45, 2.75) is 18.9 Å². The van der Waals surface area contributed by atoms with Crippen LogP contribution in [0.3, 0.4) is 0 Å². The number of nitrogens with one attached hydrogen (secondary N) is 3. The zero-order chi connectivity index (χ0) is 20.8. The number of ether oxygens (including phenoxy) is 1. The third-order valence-electron chi connectivity index (χ3n) is 4.64. The van der Waals surface area contributed by atoms with Gasteiger partial charge in [0.05, 0.1) is 11.6 Å².